The second-order valence-corrected chi connectivity index (χ2v) is 14.4. The minimum Gasteiger partial charge on any atom is -0.481 e. The standard InChI is InChI=1S/C30H48O4/c1-19(2)20-10-13-29(7)23(27(20,5)12-11-24(31)32)9-8-21-22-18-26(3,4)14-16-30(22,25(33)34)17-15-28(21,29)6/h8,19-20,22-23H,9-18H2,1-7H3,(H,31,32)(H,33,34)/t20-,22-,23+,27-,28+,29+,30-/m0/s1. The second kappa shape index (κ2) is 8.10. The van der Waals surface area contributed by atoms with Crippen molar-refractivity contribution in [3.05, 3.63) is 11.6 Å². The van der Waals surface area contributed by atoms with Crippen molar-refractivity contribution in [2.75, 3.05) is 0 Å². The maximum absolute atomic E-state index is 12.8. The summed E-state index contributed by atoms with van der Waals surface area (Å²) in [6, 6.07) is 0. The van der Waals surface area contributed by atoms with Crippen molar-refractivity contribution in [3.8, 4) is 0 Å². The van der Waals surface area contributed by atoms with Gasteiger partial charge in [-0.3, -0.25) is 9.59 Å². The van der Waals surface area contributed by atoms with Gasteiger partial charge in [0.1, 0.15) is 0 Å². The Labute approximate surface area is 207 Å². The van der Waals surface area contributed by atoms with Crippen LogP contribution in [0, 0.1) is 50.7 Å². The van der Waals surface area contributed by atoms with Gasteiger partial charge in [-0.2, -0.15) is 0 Å². The molecule has 3 fully saturated rings. The molecule has 0 heterocycles. The summed E-state index contributed by atoms with van der Waals surface area (Å²) in [5.74, 6) is 0.340. The molecule has 0 aromatic carbocycles. The molecule has 0 unspecified atom stereocenters. The highest BCUT2D eigenvalue weighted by Crippen LogP contribution is 2.74. The van der Waals surface area contributed by atoms with Crippen LogP contribution in [0.3, 0.4) is 0 Å². The van der Waals surface area contributed by atoms with Gasteiger partial charge in [0.2, 0.25) is 0 Å². The highest BCUT2D eigenvalue weighted by Gasteiger charge is 2.67. The molecule has 0 amide bonds. The molecule has 0 radical (unpaired) electrons. The van der Waals surface area contributed by atoms with Gasteiger partial charge in [-0.15, -0.1) is 0 Å². The van der Waals surface area contributed by atoms with E-state index in [4.69, 9.17) is 0 Å². The van der Waals surface area contributed by atoms with Crippen LogP contribution in [0.1, 0.15) is 113 Å². The summed E-state index contributed by atoms with van der Waals surface area (Å²) in [5.41, 5.74) is 1.05. The van der Waals surface area contributed by atoms with Gasteiger partial charge in [0.25, 0.3) is 0 Å². The first-order valence-electron chi connectivity index (χ1n) is 13.8. The van der Waals surface area contributed by atoms with Crippen LogP contribution < -0.4 is 0 Å². The SMILES string of the molecule is CC(C)[C@@H]1CC[C@]2(C)[C@H](CC=C3[C@@H]4CC(C)(C)CC[C@]4(C(=O)O)CC[C@]32C)[C@@]1(C)CCC(=O)O. The molecule has 0 saturated heterocycles. The monoisotopic (exact) mass is 472 g/mol. The smallest absolute Gasteiger partial charge is 0.310 e. The molecular formula is C30H48O4. The average molecular weight is 473 g/mol. The molecule has 7 atom stereocenters. The maximum Gasteiger partial charge on any atom is 0.310 e. The van der Waals surface area contributed by atoms with Crippen LogP contribution in [0.15, 0.2) is 11.6 Å². The molecule has 4 aliphatic carbocycles. The number of rotatable bonds is 5. The van der Waals surface area contributed by atoms with Crippen LogP contribution >= 0.6 is 0 Å². The second-order valence-electron chi connectivity index (χ2n) is 14.4. The molecule has 0 aromatic heterocycles. The molecule has 34 heavy (non-hydrogen) atoms. The summed E-state index contributed by atoms with van der Waals surface area (Å²) in [7, 11) is 0. The Bertz CT molecular complexity index is 886. The maximum atomic E-state index is 12.8. The van der Waals surface area contributed by atoms with Crippen molar-refractivity contribution >= 4 is 11.9 Å². The Morgan fingerprint density at radius 3 is 2.24 bits per heavy atom. The molecule has 0 aliphatic heterocycles. The third-order valence-electron chi connectivity index (χ3n) is 12.1. The zero-order valence-corrected chi connectivity index (χ0v) is 22.7. The normalized spacial score (nSPS) is 45.5. The zero-order chi connectivity index (χ0) is 25.3. The minimum absolute atomic E-state index is 0.0145. The summed E-state index contributed by atoms with van der Waals surface area (Å²) < 4.78 is 0. The lowest BCUT2D eigenvalue weighted by molar-refractivity contribution is -0.175. The van der Waals surface area contributed by atoms with Crippen molar-refractivity contribution < 1.29 is 19.8 Å². The molecule has 0 spiro atoms. The molecule has 4 nitrogen and oxygen atoms in total. The van der Waals surface area contributed by atoms with Crippen LogP contribution in [-0.2, 0) is 9.59 Å². The average Bonchev–Trinajstić information content (AvgIpc) is 2.72. The van der Waals surface area contributed by atoms with Gasteiger partial charge in [-0.25, -0.2) is 0 Å². The lowest BCUT2D eigenvalue weighted by atomic mass is 9.35. The molecular weight excluding hydrogens is 424 g/mol. The van der Waals surface area contributed by atoms with E-state index in [1.54, 1.807) is 0 Å². The van der Waals surface area contributed by atoms with E-state index in [0.29, 0.717) is 17.8 Å². The largest absolute Gasteiger partial charge is 0.481 e. The van der Waals surface area contributed by atoms with Crippen molar-refractivity contribution in [2.45, 2.75) is 113 Å². The minimum atomic E-state index is -0.692. The van der Waals surface area contributed by atoms with Crippen LogP contribution in [0.5, 0.6) is 0 Å². The zero-order valence-electron chi connectivity index (χ0n) is 22.7. The van der Waals surface area contributed by atoms with E-state index in [1.807, 2.05) is 0 Å². The van der Waals surface area contributed by atoms with Gasteiger partial charge in [0.15, 0.2) is 0 Å². The fraction of sp³-hybridized carbons (Fsp3) is 0.867. The Morgan fingerprint density at radius 1 is 1.00 bits per heavy atom. The predicted molar refractivity (Wildman–Crippen MR) is 135 cm³/mol. The molecule has 4 aliphatic rings. The Kier molecular flexibility index (Phi) is 6.14. The van der Waals surface area contributed by atoms with Gasteiger partial charge >= 0.3 is 11.9 Å². The van der Waals surface area contributed by atoms with Crippen LogP contribution in [0.4, 0.5) is 0 Å². The molecule has 4 heteroatoms. The van der Waals surface area contributed by atoms with E-state index in [9.17, 15) is 19.8 Å². The predicted octanol–water partition coefficient (Wildman–Crippen LogP) is 7.57. The summed E-state index contributed by atoms with van der Waals surface area (Å²) >= 11 is 0. The number of carboxylic acid groups (broad SMARTS) is 2. The fourth-order valence-corrected chi connectivity index (χ4v) is 9.85. The number of carbonyl (C=O) groups is 2. The summed E-state index contributed by atoms with van der Waals surface area (Å²) in [6.45, 7) is 16.6. The van der Waals surface area contributed by atoms with Gasteiger partial charge in [-0.1, -0.05) is 60.1 Å². The van der Waals surface area contributed by atoms with Gasteiger partial charge in [-0.05, 0) is 103 Å². The van der Waals surface area contributed by atoms with E-state index in [2.05, 4.69) is 54.5 Å². The number of hydrogen-bond donors (Lipinski definition) is 2. The third kappa shape index (κ3) is 3.52. The van der Waals surface area contributed by atoms with Gasteiger partial charge < -0.3 is 10.2 Å². The number of fused-ring (bicyclic) bond motifs is 5. The number of hydrogen-bond acceptors (Lipinski definition) is 2. The van der Waals surface area contributed by atoms with Crippen LogP contribution in [0.2, 0.25) is 0 Å². The molecule has 4 rings (SSSR count). The first kappa shape index (κ1) is 25.8. The van der Waals surface area contributed by atoms with Crippen molar-refractivity contribution in [1.82, 2.24) is 0 Å². The van der Waals surface area contributed by atoms with Crippen molar-refractivity contribution in [1.29, 1.82) is 0 Å². The van der Waals surface area contributed by atoms with Gasteiger partial charge in [0, 0.05) is 6.42 Å². The third-order valence-corrected chi connectivity index (χ3v) is 12.1. The topological polar surface area (TPSA) is 74.6 Å². The van der Waals surface area contributed by atoms with Gasteiger partial charge in [0.05, 0.1) is 5.41 Å². The summed E-state index contributed by atoms with van der Waals surface area (Å²) in [6.07, 6.45) is 11.2. The van der Waals surface area contributed by atoms with E-state index >= 15 is 0 Å². The van der Waals surface area contributed by atoms with E-state index in [-0.39, 0.29) is 34.0 Å². The number of carboxylic acids is 2. The lowest BCUT2D eigenvalue weighted by Gasteiger charge is -2.69. The number of allylic oxidation sites excluding steroid dienone is 2. The van der Waals surface area contributed by atoms with E-state index in [0.717, 1.165) is 57.8 Å². The molecule has 0 bridgehead atoms. The fourth-order valence-electron chi connectivity index (χ4n) is 9.85. The highest BCUT2D eigenvalue weighted by atomic mass is 16.4. The van der Waals surface area contributed by atoms with Crippen LogP contribution in [0.25, 0.3) is 0 Å². The first-order chi connectivity index (χ1) is 15.6. The van der Waals surface area contributed by atoms with Crippen molar-refractivity contribution in [2.24, 2.45) is 50.7 Å². The van der Waals surface area contributed by atoms with E-state index < -0.39 is 17.4 Å². The molecule has 0 aromatic rings. The van der Waals surface area contributed by atoms with Crippen molar-refractivity contribution in [3.63, 3.8) is 0 Å². The summed E-state index contributed by atoms with van der Waals surface area (Å²) in [5, 5.41) is 20.1. The first-order valence-corrected chi connectivity index (χ1v) is 13.8. The highest BCUT2D eigenvalue weighted by molar-refractivity contribution is 5.76. The molecule has 2 N–H and O–H groups in total. The quantitative estimate of drug-likeness (QED) is 0.405. The molecule has 3 saturated carbocycles. The molecule has 192 valence electrons. The Balaban J connectivity index is 1.81. The number of aliphatic carboxylic acids is 2. The Hall–Kier alpha value is -1.32. The van der Waals surface area contributed by atoms with Crippen LogP contribution in [-0.4, -0.2) is 22.2 Å². The van der Waals surface area contributed by atoms with E-state index in [1.165, 1.54) is 5.57 Å². The lowest BCUT2D eigenvalue weighted by Crippen LogP contribution is -2.62. The Morgan fingerprint density at radius 2 is 1.65 bits per heavy atom. The summed E-state index contributed by atoms with van der Waals surface area (Å²) in [4.78, 5) is 24.4.